The molecule has 5 nitrogen and oxygen atoms in total. The normalized spacial score (nSPS) is 12.2. The minimum Gasteiger partial charge on any atom is -0.506 e. The molecule has 0 fully saturated rings. The van der Waals surface area contributed by atoms with Gasteiger partial charge in [-0.05, 0) is 35.4 Å². The molecule has 152 valence electrons. The summed E-state index contributed by atoms with van der Waals surface area (Å²) in [5.74, 6) is -1.25. The van der Waals surface area contributed by atoms with Crippen molar-refractivity contribution in [1.82, 2.24) is 0 Å². The highest BCUT2D eigenvalue weighted by Crippen LogP contribution is 2.53. The summed E-state index contributed by atoms with van der Waals surface area (Å²) < 4.78 is 34.0. The van der Waals surface area contributed by atoms with Crippen molar-refractivity contribution < 1.29 is 23.2 Å². The first-order chi connectivity index (χ1) is 13.5. The maximum absolute atomic E-state index is 13.0. The van der Waals surface area contributed by atoms with Gasteiger partial charge in [-0.3, -0.25) is 4.55 Å². The van der Waals surface area contributed by atoms with Crippen molar-refractivity contribution in [2.75, 3.05) is 0 Å². The van der Waals surface area contributed by atoms with Crippen LogP contribution in [0, 0.1) is 0 Å². The minimum atomic E-state index is -5.07. The van der Waals surface area contributed by atoms with E-state index < -0.39 is 42.0 Å². The number of benzene rings is 3. The van der Waals surface area contributed by atoms with Gasteiger partial charge in [0.15, 0.2) is 4.75 Å². The van der Waals surface area contributed by atoms with E-state index in [4.69, 9.17) is 46.4 Å². The lowest BCUT2D eigenvalue weighted by atomic mass is 9.83. The Morgan fingerprint density at radius 3 is 1.34 bits per heavy atom. The Hall–Kier alpha value is -1.67. The van der Waals surface area contributed by atoms with Gasteiger partial charge in [-0.1, -0.05) is 70.7 Å². The second kappa shape index (κ2) is 7.87. The molecule has 0 unspecified atom stereocenters. The largest absolute Gasteiger partial charge is 0.506 e. The summed E-state index contributed by atoms with van der Waals surface area (Å²) in [7, 11) is -5.07. The summed E-state index contributed by atoms with van der Waals surface area (Å²) in [6, 6.07) is 12.0. The molecule has 3 rings (SSSR count). The van der Waals surface area contributed by atoms with Gasteiger partial charge in [0, 0.05) is 21.7 Å². The topological polar surface area (TPSA) is 94.8 Å². The zero-order valence-corrected chi connectivity index (χ0v) is 18.1. The molecule has 0 bridgehead atoms. The molecule has 0 aliphatic rings. The smallest absolute Gasteiger partial charge is 0.283 e. The zero-order valence-electron chi connectivity index (χ0n) is 14.3. The predicted molar refractivity (Wildman–Crippen MR) is 114 cm³/mol. The van der Waals surface area contributed by atoms with Gasteiger partial charge >= 0.3 is 0 Å². The van der Waals surface area contributed by atoms with E-state index in [2.05, 4.69) is 0 Å². The highest BCUT2D eigenvalue weighted by molar-refractivity contribution is 7.87. The van der Waals surface area contributed by atoms with E-state index in [1.807, 2.05) is 0 Å². The van der Waals surface area contributed by atoms with Crippen molar-refractivity contribution in [2.45, 2.75) is 4.75 Å². The van der Waals surface area contributed by atoms with E-state index in [0.29, 0.717) is 10.0 Å². The standard InChI is InChI=1S/C19H12Cl4O5S/c20-12-5-1-10(2-6-12)19(29(26,27)28,11-3-7-13(21)8-4-11)16-17(22)14(24)9-15(25)18(16)23/h1-9,24-25H,(H,26,27,28). The molecule has 0 aliphatic carbocycles. The third-order valence-electron chi connectivity index (χ3n) is 4.40. The molecule has 0 spiro atoms. The lowest BCUT2D eigenvalue weighted by Crippen LogP contribution is -2.38. The van der Waals surface area contributed by atoms with Crippen molar-refractivity contribution in [2.24, 2.45) is 0 Å². The number of hydrogen-bond donors (Lipinski definition) is 3. The van der Waals surface area contributed by atoms with Gasteiger partial charge in [0.05, 0.1) is 10.0 Å². The Balaban J connectivity index is 2.61. The lowest BCUT2D eigenvalue weighted by molar-refractivity contribution is 0.444. The number of halogens is 4. The number of rotatable bonds is 4. The van der Waals surface area contributed by atoms with Crippen LogP contribution in [0.15, 0.2) is 54.6 Å². The molecule has 0 saturated heterocycles. The first-order valence-corrected chi connectivity index (χ1v) is 10.8. The number of phenolic OH excluding ortho intramolecular Hbond substituents is 2. The SMILES string of the molecule is O=S(=O)(O)C(c1ccc(Cl)cc1)(c1ccc(Cl)cc1)c1c(Cl)c(O)cc(O)c1Cl. The van der Waals surface area contributed by atoms with E-state index >= 15 is 0 Å². The average molecular weight is 494 g/mol. The van der Waals surface area contributed by atoms with Gasteiger partial charge in [-0.2, -0.15) is 8.42 Å². The fourth-order valence-electron chi connectivity index (χ4n) is 3.17. The summed E-state index contributed by atoms with van der Waals surface area (Å²) in [6.45, 7) is 0. The van der Waals surface area contributed by atoms with Crippen LogP contribution in [-0.4, -0.2) is 23.2 Å². The Bertz CT molecular complexity index is 1100. The van der Waals surface area contributed by atoms with Gasteiger partial charge in [0.25, 0.3) is 10.1 Å². The van der Waals surface area contributed by atoms with E-state index in [-0.39, 0.29) is 11.1 Å². The van der Waals surface area contributed by atoms with Crippen molar-refractivity contribution in [3.8, 4) is 11.5 Å². The van der Waals surface area contributed by atoms with Crippen LogP contribution < -0.4 is 0 Å². The lowest BCUT2D eigenvalue weighted by Gasteiger charge is -2.34. The molecule has 0 amide bonds. The molecule has 0 aliphatic heterocycles. The Morgan fingerprint density at radius 2 is 1.03 bits per heavy atom. The van der Waals surface area contributed by atoms with Crippen LogP contribution in [0.4, 0.5) is 0 Å². The van der Waals surface area contributed by atoms with Crippen LogP contribution in [0.25, 0.3) is 0 Å². The van der Waals surface area contributed by atoms with Crippen molar-refractivity contribution in [1.29, 1.82) is 0 Å². The molecule has 29 heavy (non-hydrogen) atoms. The van der Waals surface area contributed by atoms with Gasteiger partial charge in [0.1, 0.15) is 11.5 Å². The van der Waals surface area contributed by atoms with Crippen LogP contribution in [0.2, 0.25) is 20.1 Å². The third-order valence-corrected chi connectivity index (χ3v) is 7.12. The second-order valence-electron chi connectivity index (χ2n) is 6.09. The molecule has 0 radical (unpaired) electrons. The van der Waals surface area contributed by atoms with Crippen LogP contribution in [-0.2, 0) is 14.9 Å². The minimum absolute atomic E-state index is 0.0144. The van der Waals surface area contributed by atoms with Gasteiger partial charge in [0.2, 0.25) is 0 Å². The molecule has 0 saturated carbocycles. The molecule has 0 aromatic heterocycles. The van der Waals surface area contributed by atoms with E-state index in [0.717, 1.165) is 6.07 Å². The molecule has 0 atom stereocenters. The van der Waals surface area contributed by atoms with E-state index in [1.54, 1.807) is 0 Å². The number of hydrogen-bond acceptors (Lipinski definition) is 4. The molecule has 3 N–H and O–H groups in total. The summed E-state index contributed by atoms with van der Waals surface area (Å²) >= 11 is 24.4. The number of phenols is 2. The van der Waals surface area contributed by atoms with Gasteiger partial charge < -0.3 is 10.2 Å². The average Bonchev–Trinajstić information content (AvgIpc) is 2.64. The third kappa shape index (κ3) is 3.65. The molecule has 3 aromatic carbocycles. The van der Waals surface area contributed by atoms with E-state index in [9.17, 15) is 23.2 Å². The highest BCUT2D eigenvalue weighted by atomic mass is 35.5. The number of aromatic hydroxyl groups is 2. The van der Waals surface area contributed by atoms with Gasteiger partial charge in [-0.15, -0.1) is 0 Å². The second-order valence-corrected chi connectivity index (χ2v) is 9.28. The zero-order chi connectivity index (χ0) is 21.6. The van der Waals surface area contributed by atoms with Gasteiger partial charge in [-0.25, -0.2) is 0 Å². The molecular weight excluding hydrogens is 482 g/mol. The monoisotopic (exact) mass is 492 g/mol. The van der Waals surface area contributed by atoms with Crippen LogP contribution in [0.5, 0.6) is 11.5 Å². The highest BCUT2D eigenvalue weighted by Gasteiger charge is 2.51. The first-order valence-electron chi connectivity index (χ1n) is 7.89. The Morgan fingerprint density at radius 1 is 0.690 bits per heavy atom. The molecule has 0 heterocycles. The van der Waals surface area contributed by atoms with E-state index in [1.165, 1.54) is 48.5 Å². The summed E-state index contributed by atoms with van der Waals surface area (Å²) in [5.41, 5.74) is -0.397. The maximum Gasteiger partial charge on any atom is 0.283 e. The predicted octanol–water partition coefficient (Wildman–Crippen LogP) is 5.89. The van der Waals surface area contributed by atoms with Crippen LogP contribution in [0.1, 0.15) is 16.7 Å². The van der Waals surface area contributed by atoms with Crippen molar-refractivity contribution in [3.63, 3.8) is 0 Å². The van der Waals surface area contributed by atoms with Crippen LogP contribution >= 0.6 is 46.4 Å². The van der Waals surface area contributed by atoms with Crippen LogP contribution in [0.3, 0.4) is 0 Å². The quantitative estimate of drug-likeness (QED) is 0.311. The first kappa shape index (κ1) is 22.0. The van der Waals surface area contributed by atoms with Crippen molar-refractivity contribution in [3.05, 3.63) is 91.4 Å². The Labute approximate surface area is 186 Å². The maximum atomic E-state index is 13.0. The fourth-order valence-corrected chi connectivity index (χ4v) is 5.49. The summed E-state index contributed by atoms with van der Waals surface area (Å²) in [5, 5.41) is 20.0. The fraction of sp³-hybridized carbons (Fsp3) is 0.0526. The molecule has 3 aromatic rings. The Kier molecular flexibility index (Phi) is 5.98. The van der Waals surface area contributed by atoms with Crippen molar-refractivity contribution >= 4 is 56.5 Å². The summed E-state index contributed by atoms with van der Waals surface area (Å²) in [6.07, 6.45) is 0. The summed E-state index contributed by atoms with van der Waals surface area (Å²) in [4.78, 5) is 0. The molecule has 10 heteroatoms. The molecular formula is C19H12Cl4O5S.